The van der Waals surface area contributed by atoms with Gasteiger partial charge in [0.25, 0.3) is 11.8 Å². The van der Waals surface area contributed by atoms with Crippen LogP contribution in [-0.2, 0) is 27.4 Å². The second kappa shape index (κ2) is 11.7. The van der Waals surface area contributed by atoms with E-state index in [1.807, 2.05) is 24.4 Å². The van der Waals surface area contributed by atoms with Crippen LogP contribution < -0.4 is 0 Å². The fourth-order valence-electron chi connectivity index (χ4n) is 2.87. The smallest absolute Gasteiger partial charge is 0.411 e. The van der Waals surface area contributed by atoms with E-state index in [9.17, 15) is 22.8 Å². The third kappa shape index (κ3) is 7.66. The zero-order valence-corrected chi connectivity index (χ0v) is 19.0. The Balaban J connectivity index is 1.50. The zero-order chi connectivity index (χ0) is 24.6. The molecular weight excluding hydrogens is 475 g/mol. The van der Waals surface area contributed by atoms with Crippen LogP contribution in [-0.4, -0.2) is 52.9 Å². The van der Waals surface area contributed by atoms with Crippen LogP contribution in [0.3, 0.4) is 0 Å². The molecule has 0 unspecified atom stereocenters. The first kappa shape index (κ1) is 25.4. The van der Waals surface area contributed by atoms with Crippen LogP contribution in [0.25, 0.3) is 10.8 Å². The van der Waals surface area contributed by atoms with Crippen molar-refractivity contribution in [3.05, 3.63) is 58.8 Å². The summed E-state index contributed by atoms with van der Waals surface area (Å²) in [7, 11) is 0. The number of rotatable bonds is 11. The summed E-state index contributed by atoms with van der Waals surface area (Å²) in [6.07, 6.45) is -3.73. The van der Waals surface area contributed by atoms with Crippen molar-refractivity contribution in [3.8, 4) is 10.8 Å². The number of carbonyl (C=O) groups excluding carboxylic acids is 2. The Kier molecular flexibility index (Phi) is 8.77. The fourth-order valence-corrected chi connectivity index (χ4v) is 3.51. The summed E-state index contributed by atoms with van der Waals surface area (Å²) >= 11 is 1.45. The van der Waals surface area contributed by atoms with Crippen LogP contribution in [0.2, 0.25) is 0 Å². The van der Waals surface area contributed by atoms with E-state index in [0.29, 0.717) is 24.4 Å². The molecule has 0 saturated carbocycles. The van der Waals surface area contributed by atoms with Gasteiger partial charge in [-0.2, -0.15) is 13.2 Å². The minimum absolute atomic E-state index is 0.0786. The van der Waals surface area contributed by atoms with Crippen LogP contribution in [0, 0.1) is 0 Å². The van der Waals surface area contributed by atoms with E-state index in [-0.39, 0.29) is 24.6 Å². The predicted octanol–water partition coefficient (Wildman–Crippen LogP) is 4.47. The second-order valence-corrected chi connectivity index (χ2v) is 8.12. The first-order valence-electron chi connectivity index (χ1n) is 10.3. The molecule has 0 aliphatic carbocycles. The number of esters is 1. The molecule has 0 saturated heterocycles. The summed E-state index contributed by atoms with van der Waals surface area (Å²) in [6, 6.07) is 9.41. The number of halogens is 3. The summed E-state index contributed by atoms with van der Waals surface area (Å²) in [6.45, 7) is 0.294. The van der Waals surface area contributed by atoms with E-state index in [1.54, 1.807) is 0 Å². The quantitative estimate of drug-likeness (QED) is 0.361. The Bertz CT molecular complexity index is 1070. The minimum atomic E-state index is -4.40. The van der Waals surface area contributed by atoms with Gasteiger partial charge in [0.15, 0.2) is 6.61 Å². The molecule has 0 spiro atoms. The number of nitrogens with zero attached hydrogens (tertiary/aromatic N) is 3. The van der Waals surface area contributed by atoms with Gasteiger partial charge in [0.05, 0.1) is 23.6 Å². The lowest BCUT2D eigenvalue weighted by atomic mass is 10.1. The molecule has 34 heavy (non-hydrogen) atoms. The first-order chi connectivity index (χ1) is 16.2. The van der Waals surface area contributed by atoms with Gasteiger partial charge in [0, 0.05) is 6.54 Å². The van der Waals surface area contributed by atoms with Gasteiger partial charge < -0.3 is 18.8 Å². The maximum Gasteiger partial charge on any atom is 0.411 e. The van der Waals surface area contributed by atoms with Crippen LogP contribution in [0.5, 0.6) is 0 Å². The zero-order valence-electron chi connectivity index (χ0n) is 18.2. The van der Waals surface area contributed by atoms with E-state index >= 15 is 0 Å². The number of alkyl halides is 3. The molecule has 0 aliphatic heterocycles. The van der Waals surface area contributed by atoms with Crippen LogP contribution in [0.4, 0.5) is 13.2 Å². The molecule has 2 aromatic heterocycles. The van der Waals surface area contributed by atoms with Crippen LogP contribution >= 0.6 is 11.3 Å². The Labute approximate surface area is 197 Å². The average Bonchev–Trinajstić information content (AvgIpc) is 3.48. The van der Waals surface area contributed by atoms with Gasteiger partial charge in [-0.15, -0.1) is 21.5 Å². The van der Waals surface area contributed by atoms with Crippen LogP contribution in [0.1, 0.15) is 35.2 Å². The standard InChI is InChI=1S/C22H22F3N3O5S/c1-2-9-28(11-18-26-27-20(33-18)17-4-3-10-34-17)19(29)13-32-21(30)16-7-5-15(6-8-16)12-31-14-22(23,24)25/h3-8,10H,2,9,11-14H2,1H3. The van der Waals surface area contributed by atoms with Crippen molar-refractivity contribution in [2.75, 3.05) is 19.8 Å². The molecule has 182 valence electrons. The lowest BCUT2D eigenvalue weighted by molar-refractivity contribution is -0.176. The highest BCUT2D eigenvalue weighted by molar-refractivity contribution is 7.13. The van der Waals surface area contributed by atoms with Gasteiger partial charge in [-0.3, -0.25) is 4.79 Å². The molecule has 0 bridgehead atoms. The van der Waals surface area contributed by atoms with Crippen molar-refractivity contribution < 1.29 is 36.7 Å². The van der Waals surface area contributed by atoms with Crippen LogP contribution in [0.15, 0.2) is 46.2 Å². The van der Waals surface area contributed by atoms with Gasteiger partial charge in [-0.05, 0) is 35.6 Å². The number of aromatic nitrogens is 2. The van der Waals surface area contributed by atoms with Gasteiger partial charge in [0.1, 0.15) is 6.61 Å². The number of thiophene rings is 1. The van der Waals surface area contributed by atoms with Gasteiger partial charge in [-0.1, -0.05) is 25.1 Å². The second-order valence-electron chi connectivity index (χ2n) is 7.17. The van der Waals surface area contributed by atoms with E-state index in [1.165, 1.54) is 40.5 Å². The molecule has 1 aromatic carbocycles. The molecule has 0 radical (unpaired) electrons. The average molecular weight is 497 g/mol. The topological polar surface area (TPSA) is 94.8 Å². The van der Waals surface area contributed by atoms with Gasteiger partial charge in [0.2, 0.25) is 5.89 Å². The fraction of sp³-hybridized carbons (Fsp3) is 0.364. The summed E-state index contributed by atoms with van der Waals surface area (Å²) in [4.78, 5) is 27.2. The summed E-state index contributed by atoms with van der Waals surface area (Å²) < 4.78 is 51.7. The number of benzene rings is 1. The molecule has 0 atom stereocenters. The van der Waals surface area contributed by atoms with Crippen molar-refractivity contribution in [3.63, 3.8) is 0 Å². The minimum Gasteiger partial charge on any atom is -0.452 e. The summed E-state index contributed by atoms with van der Waals surface area (Å²) in [5.74, 6) is -0.527. The molecule has 3 rings (SSSR count). The Morgan fingerprint density at radius 2 is 1.91 bits per heavy atom. The molecule has 2 heterocycles. The number of hydrogen-bond acceptors (Lipinski definition) is 8. The Morgan fingerprint density at radius 1 is 1.15 bits per heavy atom. The summed E-state index contributed by atoms with van der Waals surface area (Å²) in [5, 5.41) is 9.85. The molecule has 0 aliphatic rings. The number of hydrogen-bond donors (Lipinski definition) is 0. The number of amides is 1. The maximum absolute atomic E-state index is 12.6. The third-order valence-electron chi connectivity index (χ3n) is 4.42. The highest BCUT2D eigenvalue weighted by atomic mass is 32.1. The van der Waals surface area contributed by atoms with Crippen molar-refractivity contribution in [1.82, 2.24) is 15.1 Å². The van der Waals surface area contributed by atoms with E-state index in [4.69, 9.17) is 9.15 Å². The van der Waals surface area contributed by atoms with Crippen molar-refractivity contribution >= 4 is 23.2 Å². The van der Waals surface area contributed by atoms with Gasteiger partial charge >= 0.3 is 12.1 Å². The van der Waals surface area contributed by atoms with E-state index in [2.05, 4.69) is 14.9 Å². The highest BCUT2D eigenvalue weighted by Gasteiger charge is 2.27. The molecule has 3 aromatic rings. The van der Waals surface area contributed by atoms with Crippen molar-refractivity contribution in [1.29, 1.82) is 0 Å². The Morgan fingerprint density at radius 3 is 2.56 bits per heavy atom. The normalized spacial score (nSPS) is 11.4. The Hall–Kier alpha value is -3.25. The third-order valence-corrected chi connectivity index (χ3v) is 5.28. The lowest BCUT2D eigenvalue weighted by Gasteiger charge is -2.20. The lowest BCUT2D eigenvalue weighted by Crippen LogP contribution is -2.35. The molecule has 0 N–H and O–H groups in total. The molecule has 12 heteroatoms. The molecular formula is C22H22F3N3O5S. The SMILES string of the molecule is CCCN(Cc1nnc(-c2cccs2)o1)C(=O)COC(=O)c1ccc(COCC(F)(F)F)cc1. The van der Waals surface area contributed by atoms with E-state index < -0.39 is 31.3 Å². The molecule has 8 nitrogen and oxygen atoms in total. The van der Waals surface area contributed by atoms with Crippen molar-refractivity contribution in [2.45, 2.75) is 32.7 Å². The highest BCUT2D eigenvalue weighted by Crippen LogP contribution is 2.23. The molecule has 1 amide bonds. The van der Waals surface area contributed by atoms with E-state index in [0.717, 1.165) is 4.88 Å². The molecule has 0 fully saturated rings. The van der Waals surface area contributed by atoms with Crippen molar-refractivity contribution in [2.24, 2.45) is 0 Å². The first-order valence-corrected chi connectivity index (χ1v) is 11.2. The monoisotopic (exact) mass is 497 g/mol. The number of ether oxygens (including phenoxy) is 2. The predicted molar refractivity (Wildman–Crippen MR) is 116 cm³/mol. The largest absolute Gasteiger partial charge is 0.452 e. The van der Waals surface area contributed by atoms with Gasteiger partial charge in [-0.25, -0.2) is 4.79 Å². The summed E-state index contributed by atoms with van der Waals surface area (Å²) in [5.41, 5.74) is 0.624. The number of carbonyl (C=O) groups is 2. The maximum atomic E-state index is 12.6.